The Balaban J connectivity index is 1.05. The van der Waals surface area contributed by atoms with Crippen LogP contribution in [0.25, 0.3) is 110 Å². The first-order chi connectivity index (χ1) is 29.1. The van der Waals surface area contributed by atoms with Crippen LogP contribution in [0, 0.1) is 0 Å². The second-order valence-corrected chi connectivity index (χ2v) is 16.5. The second-order valence-electron chi connectivity index (χ2n) is 16.5. The van der Waals surface area contributed by atoms with Crippen molar-refractivity contribution in [3.8, 4) is 33.9 Å². The lowest BCUT2D eigenvalue weighted by atomic mass is 9.81. The molecule has 1 aliphatic carbocycles. The van der Waals surface area contributed by atoms with Gasteiger partial charge in [-0.3, -0.25) is 0 Å². The van der Waals surface area contributed by atoms with Crippen LogP contribution >= 0.6 is 0 Å². The molecule has 13 rings (SSSR count). The Kier molecular flexibility index (Phi) is 6.48. The molecule has 0 fully saturated rings. The van der Waals surface area contributed by atoms with E-state index < -0.39 is 0 Å². The van der Waals surface area contributed by atoms with E-state index in [0.717, 1.165) is 33.1 Å². The number of rotatable bonds is 3. The molecular formula is C55H36N4. The van der Waals surface area contributed by atoms with Crippen LogP contribution in [0.4, 0.5) is 0 Å². The van der Waals surface area contributed by atoms with Gasteiger partial charge in [0.15, 0.2) is 5.82 Å². The normalized spacial score (nSPS) is 13.4. The van der Waals surface area contributed by atoms with Crippen LogP contribution in [0.5, 0.6) is 0 Å². The summed E-state index contributed by atoms with van der Waals surface area (Å²) < 4.78 is 4.94. The predicted octanol–water partition coefficient (Wildman–Crippen LogP) is 14.1. The lowest BCUT2D eigenvalue weighted by molar-refractivity contribution is 0.656. The van der Waals surface area contributed by atoms with E-state index in [1.54, 1.807) is 0 Å². The minimum Gasteiger partial charge on any atom is -0.309 e. The number of fused-ring (bicyclic) bond motifs is 16. The summed E-state index contributed by atoms with van der Waals surface area (Å²) in [5.74, 6) is 0.714. The molecule has 12 aromatic rings. The minimum absolute atomic E-state index is 0.152. The number of aromatic nitrogens is 4. The molecule has 59 heavy (non-hydrogen) atoms. The highest BCUT2D eigenvalue weighted by Gasteiger charge is 2.38. The van der Waals surface area contributed by atoms with Crippen molar-refractivity contribution in [1.29, 1.82) is 0 Å². The third-order valence-electron chi connectivity index (χ3n) is 13.1. The molecule has 4 nitrogen and oxygen atoms in total. The monoisotopic (exact) mass is 752 g/mol. The van der Waals surface area contributed by atoms with E-state index in [1.165, 1.54) is 82.2 Å². The summed E-state index contributed by atoms with van der Waals surface area (Å²) in [6.45, 7) is 4.75. The zero-order valence-corrected chi connectivity index (χ0v) is 32.6. The molecule has 3 aromatic heterocycles. The smallest absolute Gasteiger partial charge is 0.159 e. The predicted molar refractivity (Wildman–Crippen MR) is 246 cm³/mol. The molecule has 276 valence electrons. The van der Waals surface area contributed by atoms with Gasteiger partial charge in [0.1, 0.15) is 0 Å². The number of nitrogens with zero attached hydrogens (tertiary/aromatic N) is 4. The highest BCUT2D eigenvalue weighted by atomic mass is 15.0. The molecule has 0 N–H and O–H groups in total. The molecule has 0 atom stereocenters. The zero-order valence-electron chi connectivity index (χ0n) is 32.6. The van der Waals surface area contributed by atoms with Crippen molar-refractivity contribution in [3.05, 3.63) is 193 Å². The first kappa shape index (κ1) is 32.5. The minimum atomic E-state index is -0.152. The maximum Gasteiger partial charge on any atom is 0.159 e. The van der Waals surface area contributed by atoms with E-state index >= 15 is 0 Å². The van der Waals surface area contributed by atoms with Crippen LogP contribution in [0.15, 0.2) is 182 Å². The van der Waals surface area contributed by atoms with Gasteiger partial charge in [0.2, 0.25) is 0 Å². The molecule has 0 saturated heterocycles. The Bertz CT molecular complexity index is 3730. The Morgan fingerprint density at radius 3 is 1.75 bits per heavy atom. The maximum absolute atomic E-state index is 5.30. The summed E-state index contributed by atoms with van der Waals surface area (Å²) >= 11 is 0. The summed E-state index contributed by atoms with van der Waals surface area (Å²) in [5, 5.41) is 10.8. The fraction of sp³-hybridized carbons (Fsp3) is 0.0545. The lowest BCUT2D eigenvalue weighted by Crippen LogP contribution is -2.17. The van der Waals surface area contributed by atoms with Gasteiger partial charge >= 0.3 is 0 Å². The van der Waals surface area contributed by atoms with Crippen molar-refractivity contribution < 1.29 is 0 Å². The molecule has 4 heteroatoms. The average Bonchev–Trinajstić information content (AvgIpc) is 3.89. The molecule has 1 aliphatic rings. The summed E-state index contributed by atoms with van der Waals surface area (Å²) in [4.78, 5) is 10.3. The van der Waals surface area contributed by atoms with E-state index in [2.05, 4.69) is 199 Å². The molecule has 0 bridgehead atoms. The first-order valence-corrected chi connectivity index (χ1v) is 20.4. The number of benzene rings is 9. The first-order valence-electron chi connectivity index (χ1n) is 20.4. The van der Waals surface area contributed by atoms with E-state index in [1.807, 2.05) is 6.20 Å². The molecule has 9 aromatic carbocycles. The summed E-state index contributed by atoms with van der Waals surface area (Å²) in [5.41, 5.74) is 14.3. The highest BCUT2D eigenvalue weighted by Crippen LogP contribution is 2.52. The third-order valence-corrected chi connectivity index (χ3v) is 13.1. The number of hydrogen-bond acceptors (Lipinski definition) is 2. The van der Waals surface area contributed by atoms with Crippen LogP contribution in [0.2, 0.25) is 0 Å². The number of hydrogen-bond donors (Lipinski definition) is 0. The van der Waals surface area contributed by atoms with E-state index in [9.17, 15) is 0 Å². The van der Waals surface area contributed by atoms with Gasteiger partial charge in [-0.1, -0.05) is 147 Å². The van der Waals surface area contributed by atoms with Crippen LogP contribution in [0.3, 0.4) is 0 Å². The molecule has 0 radical (unpaired) electrons. The van der Waals surface area contributed by atoms with Crippen LogP contribution in [-0.2, 0) is 5.41 Å². The van der Waals surface area contributed by atoms with E-state index in [-0.39, 0.29) is 5.41 Å². The fourth-order valence-electron chi connectivity index (χ4n) is 10.6. The van der Waals surface area contributed by atoms with Gasteiger partial charge < -0.3 is 9.13 Å². The van der Waals surface area contributed by atoms with Gasteiger partial charge in [-0.2, -0.15) is 0 Å². The van der Waals surface area contributed by atoms with Crippen molar-refractivity contribution in [2.75, 3.05) is 0 Å². The summed E-state index contributed by atoms with van der Waals surface area (Å²) in [7, 11) is 0. The van der Waals surface area contributed by atoms with Gasteiger partial charge in [-0.25, -0.2) is 9.97 Å². The molecular weight excluding hydrogens is 717 g/mol. The van der Waals surface area contributed by atoms with Crippen molar-refractivity contribution >= 4 is 76.1 Å². The van der Waals surface area contributed by atoms with E-state index in [0.29, 0.717) is 5.82 Å². The number of para-hydroxylation sites is 2. The Hall–Kier alpha value is -7.56. The molecule has 0 aliphatic heterocycles. The zero-order chi connectivity index (χ0) is 39.0. The molecule has 3 heterocycles. The van der Waals surface area contributed by atoms with Gasteiger partial charge in [0.05, 0.1) is 33.3 Å². The Labute approximate surface area is 340 Å². The van der Waals surface area contributed by atoms with Crippen LogP contribution in [-0.4, -0.2) is 19.1 Å². The fourth-order valence-corrected chi connectivity index (χ4v) is 10.6. The van der Waals surface area contributed by atoms with Crippen LogP contribution in [0.1, 0.15) is 25.0 Å². The summed E-state index contributed by atoms with van der Waals surface area (Å²) in [6, 6.07) is 64.1. The SMILES string of the molecule is CC1(C)c2ccccc2-c2cccc(-n3c4ccccc4c4c5c6ccccc6n(-c6cccc(-c7ncc8c9ccccc9c9ccccc9c8n7)c6)c5ccc43)c21. The van der Waals surface area contributed by atoms with Crippen molar-refractivity contribution in [3.63, 3.8) is 0 Å². The largest absolute Gasteiger partial charge is 0.309 e. The molecule has 0 amide bonds. The third kappa shape index (κ3) is 4.32. The standard InChI is InChI=1S/C55H36N4/c1-55(2)44-25-10-7-20-38(44)39-24-14-28-49(52(39)55)59-46-27-12-9-23-42(46)51-48(59)30-29-47-50(51)41-22-8-11-26-45(41)58(47)34-16-13-15-33(31-34)54-56-32-43-37-19-4-3-17-35(37)36-18-5-6-21-40(36)53(43)57-54/h3-32H,1-2H3. The lowest BCUT2D eigenvalue weighted by Gasteiger charge is -2.25. The maximum atomic E-state index is 5.30. The quantitative estimate of drug-likeness (QED) is 0.169. The van der Waals surface area contributed by atoms with Crippen molar-refractivity contribution in [2.24, 2.45) is 0 Å². The van der Waals surface area contributed by atoms with Gasteiger partial charge in [-0.15, -0.1) is 0 Å². The Morgan fingerprint density at radius 1 is 0.441 bits per heavy atom. The van der Waals surface area contributed by atoms with Gasteiger partial charge in [0, 0.05) is 55.2 Å². The molecule has 0 unspecified atom stereocenters. The van der Waals surface area contributed by atoms with Crippen LogP contribution < -0.4 is 0 Å². The van der Waals surface area contributed by atoms with Crippen molar-refractivity contribution in [2.45, 2.75) is 19.3 Å². The Morgan fingerprint density at radius 2 is 1.00 bits per heavy atom. The van der Waals surface area contributed by atoms with Gasteiger partial charge in [0.25, 0.3) is 0 Å². The van der Waals surface area contributed by atoms with Gasteiger partial charge in [-0.05, 0) is 80.9 Å². The summed E-state index contributed by atoms with van der Waals surface area (Å²) in [6.07, 6.45) is 2.01. The molecule has 0 saturated carbocycles. The topological polar surface area (TPSA) is 35.6 Å². The van der Waals surface area contributed by atoms with Crippen molar-refractivity contribution in [1.82, 2.24) is 19.1 Å². The van der Waals surface area contributed by atoms with E-state index in [4.69, 9.17) is 9.97 Å². The average molecular weight is 753 g/mol. The second kappa shape index (κ2) is 11.7. The molecule has 0 spiro atoms. The highest BCUT2D eigenvalue weighted by molar-refractivity contribution is 6.29.